The van der Waals surface area contributed by atoms with Crippen molar-refractivity contribution in [1.29, 1.82) is 0 Å². The lowest BCUT2D eigenvalue weighted by molar-refractivity contribution is 0.0398. The molecule has 0 bridgehead atoms. The summed E-state index contributed by atoms with van der Waals surface area (Å²) in [5.41, 5.74) is 3.60. The summed E-state index contributed by atoms with van der Waals surface area (Å²) in [6.45, 7) is 11.6. The van der Waals surface area contributed by atoms with E-state index in [0.29, 0.717) is 5.82 Å². The van der Waals surface area contributed by atoms with Crippen LogP contribution in [0.2, 0.25) is 0 Å². The van der Waals surface area contributed by atoms with Gasteiger partial charge in [-0.3, -0.25) is 4.90 Å². The van der Waals surface area contributed by atoms with Gasteiger partial charge in [-0.1, -0.05) is 13.8 Å². The van der Waals surface area contributed by atoms with Gasteiger partial charge in [0.15, 0.2) is 0 Å². The Morgan fingerprint density at radius 2 is 1.90 bits per heavy atom. The van der Waals surface area contributed by atoms with Crippen molar-refractivity contribution < 1.29 is 4.74 Å². The summed E-state index contributed by atoms with van der Waals surface area (Å²) in [6, 6.07) is 0. The van der Waals surface area contributed by atoms with Crippen LogP contribution in [0.15, 0.2) is 0 Å². The number of anilines is 2. The van der Waals surface area contributed by atoms with Crippen LogP contribution in [0.5, 0.6) is 0 Å². The molecule has 0 radical (unpaired) electrons. The van der Waals surface area contributed by atoms with E-state index in [1.165, 1.54) is 0 Å². The predicted octanol–water partition coefficient (Wildman–Crippen LogP) is 0.938. The molecule has 1 aromatic heterocycles. The fraction of sp³-hybridized carbons (Fsp3) is 0.714. The number of hydrogen-bond donors (Lipinski definition) is 3. The van der Waals surface area contributed by atoms with Crippen molar-refractivity contribution in [2.75, 3.05) is 50.1 Å². The van der Waals surface area contributed by atoms with E-state index in [-0.39, 0.29) is 5.92 Å². The van der Waals surface area contributed by atoms with Crippen molar-refractivity contribution in [2.45, 2.75) is 26.7 Å². The van der Waals surface area contributed by atoms with Gasteiger partial charge in [0.25, 0.3) is 0 Å². The van der Waals surface area contributed by atoms with Crippen LogP contribution in [0, 0.1) is 6.92 Å². The minimum absolute atomic E-state index is 0.262. The molecule has 0 aliphatic carbocycles. The standard InChI is InChI=1S/C14H26N6O/c1-10(2)12-17-13(11(3)14(18-12)19-15)16-4-5-20-6-8-21-9-7-20/h10H,4-9,15H2,1-3H3,(H2,16,17,18,19). The zero-order valence-corrected chi connectivity index (χ0v) is 13.1. The second-order valence-corrected chi connectivity index (χ2v) is 5.58. The van der Waals surface area contributed by atoms with Gasteiger partial charge in [0, 0.05) is 37.7 Å². The minimum Gasteiger partial charge on any atom is -0.379 e. The summed E-state index contributed by atoms with van der Waals surface area (Å²) in [5, 5.41) is 3.40. The van der Waals surface area contributed by atoms with Crippen molar-refractivity contribution in [3.05, 3.63) is 11.4 Å². The van der Waals surface area contributed by atoms with Crippen LogP contribution < -0.4 is 16.6 Å². The van der Waals surface area contributed by atoms with E-state index < -0.39 is 0 Å². The summed E-state index contributed by atoms with van der Waals surface area (Å²) in [6.07, 6.45) is 0. The Kier molecular flexibility index (Phi) is 5.72. The first-order valence-electron chi connectivity index (χ1n) is 7.51. The van der Waals surface area contributed by atoms with Gasteiger partial charge in [-0.15, -0.1) is 0 Å². The summed E-state index contributed by atoms with van der Waals surface area (Å²) in [7, 11) is 0. The molecule has 7 nitrogen and oxygen atoms in total. The highest BCUT2D eigenvalue weighted by Gasteiger charge is 2.13. The Bertz CT molecular complexity index is 459. The average Bonchev–Trinajstić information content (AvgIpc) is 2.49. The van der Waals surface area contributed by atoms with Gasteiger partial charge in [0.05, 0.1) is 13.2 Å². The number of nitrogen functional groups attached to an aromatic ring is 1. The SMILES string of the molecule is Cc1c(NN)nc(C(C)C)nc1NCCN1CCOCC1. The number of hydrogen-bond acceptors (Lipinski definition) is 7. The maximum atomic E-state index is 5.54. The average molecular weight is 294 g/mol. The zero-order valence-electron chi connectivity index (χ0n) is 13.1. The third-order valence-electron chi connectivity index (χ3n) is 3.64. The summed E-state index contributed by atoms with van der Waals surface area (Å²) >= 11 is 0. The lowest BCUT2D eigenvalue weighted by Gasteiger charge is -2.26. The number of morpholine rings is 1. The van der Waals surface area contributed by atoms with Gasteiger partial charge < -0.3 is 15.5 Å². The van der Waals surface area contributed by atoms with Gasteiger partial charge in [-0.25, -0.2) is 15.8 Å². The molecule has 7 heteroatoms. The fourth-order valence-corrected chi connectivity index (χ4v) is 2.26. The zero-order chi connectivity index (χ0) is 15.2. The normalized spacial score (nSPS) is 16.2. The summed E-state index contributed by atoms with van der Waals surface area (Å²) < 4.78 is 5.35. The summed E-state index contributed by atoms with van der Waals surface area (Å²) in [4.78, 5) is 11.4. The van der Waals surface area contributed by atoms with Crippen LogP contribution in [0.25, 0.3) is 0 Å². The van der Waals surface area contributed by atoms with Crippen molar-refractivity contribution in [3.63, 3.8) is 0 Å². The Labute approximate surface area is 126 Å². The molecule has 1 saturated heterocycles. The molecule has 1 aliphatic rings. The molecule has 4 N–H and O–H groups in total. The van der Waals surface area contributed by atoms with E-state index in [9.17, 15) is 0 Å². The van der Waals surface area contributed by atoms with E-state index in [2.05, 4.69) is 39.5 Å². The molecule has 118 valence electrons. The van der Waals surface area contributed by atoms with Crippen LogP contribution >= 0.6 is 0 Å². The Morgan fingerprint density at radius 1 is 1.24 bits per heavy atom. The first-order valence-corrected chi connectivity index (χ1v) is 7.51. The van der Waals surface area contributed by atoms with E-state index >= 15 is 0 Å². The lowest BCUT2D eigenvalue weighted by Crippen LogP contribution is -2.39. The summed E-state index contributed by atoms with van der Waals surface area (Å²) in [5.74, 6) is 8.14. The molecule has 0 aromatic carbocycles. The van der Waals surface area contributed by atoms with E-state index in [4.69, 9.17) is 10.6 Å². The lowest BCUT2D eigenvalue weighted by atomic mass is 10.2. The molecule has 0 unspecified atom stereocenters. The molecular weight excluding hydrogens is 268 g/mol. The van der Waals surface area contributed by atoms with Gasteiger partial charge >= 0.3 is 0 Å². The molecule has 2 rings (SSSR count). The van der Waals surface area contributed by atoms with Gasteiger partial charge in [0.1, 0.15) is 17.5 Å². The Balaban J connectivity index is 1.99. The second-order valence-electron chi connectivity index (χ2n) is 5.58. The first kappa shape index (κ1) is 15.9. The predicted molar refractivity (Wildman–Crippen MR) is 84.4 cm³/mol. The largest absolute Gasteiger partial charge is 0.379 e. The maximum Gasteiger partial charge on any atom is 0.148 e. The van der Waals surface area contributed by atoms with Crippen LogP contribution in [-0.4, -0.2) is 54.3 Å². The number of rotatable bonds is 6. The molecule has 0 amide bonds. The smallest absolute Gasteiger partial charge is 0.148 e. The fourth-order valence-electron chi connectivity index (χ4n) is 2.26. The first-order chi connectivity index (χ1) is 10.1. The van der Waals surface area contributed by atoms with Crippen LogP contribution in [0.3, 0.4) is 0 Å². The minimum atomic E-state index is 0.262. The number of hydrazine groups is 1. The highest BCUT2D eigenvalue weighted by Crippen LogP contribution is 2.22. The van der Waals surface area contributed by atoms with E-state index in [1.807, 2.05) is 6.92 Å². The van der Waals surface area contributed by atoms with Crippen LogP contribution in [0.1, 0.15) is 31.2 Å². The molecule has 1 aromatic rings. The third-order valence-corrected chi connectivity index (χ3v) is 3.64. The molecule has 0 atom stereocenters. The molecule has 0 spiro atoms. The molecule has 1 aliphatic heterocycles. The monoisotopic (exact) mass is 294 g/mol. The molecule has 2 heterocycles. The topological polar surface area (TPSA) is 88.3 Å². The highest BCUT2D eigenvalue weighted by atomic mass is 16.5. The van der Waals surface area contributed by atoms with Crippen molar-refractivity contribution in [1.82, 2.24) is 14.9 Å². The number of ether oxygens (including phenoxy) is 1. The molecule has 21 heavy (non-hydrogen) atoms. The number of nitrogens with two attached hydrogens (primary N) is 1. The number of aromatic nitrogens is 2. The highest BCUT2D eigenvalue weighted by molar-refractivity contribution is 5.56. The van der Waals surface area contributed by atoms with Gasteiger partial charge in [-0.2, -0.15) is 0 Å². The van der Waals surface area contributed by atoms with Crippen LogP contribution in [0.4, 0.5) is 11.6 Å². The molecular formula is C14H26N6O. The number of nitrogens with zero attached hydrogens (tertiary/aromatic N) is 3. The Morgan fingerprint density at radius 3 is 2.52 bits per heavy atom. The quantitative estimate of drug-likeness (QED) is 0.531. The van der Waals surface area contributed by atoms with Crippen molar-refractivity contribution in [3.8, 4) is 0 Å². The van der Waals surface area contributed by atoms with Gasteiger partial charge in [-0.05, 0) is 6.92 Å². The molecule has 0 saturated carbocycles. The third kappa shape index (κ3) is 4.26. The molecule has 1 fully saturated rings. The van der Waals surface area contributed by atoms with E-state index in [0.717, 1.165) is 56.6 Å². The second kappa shape index (κ2) is 7.53. The Hall–Kier alpha value is -1.44. The maximum absolute atomic E-state index is 5.54. The van der Waals surface area contributed by atoms with Crippen LogP contribution in [-0.2, 0) is 4.74 Å². The van der Waals surface area contributed by atoms with Crippen molar-refractivity contribution >= 4 is 11.6 Å². The van der Waals surface area contributed by atoms with Crippen molar-refractivity contribution in [2.24, 2.45) is 5.84 Å². The number of nitrogens with one attached hydrogen (secondary N) is 2. The van der Waals surface area contributed by atoms with E-state index in [1.54, 1.807) is 0 Å². The van der Waals surface area contributed by atoms with Gasteiger partial charge in [0.2, 0.25) is 0 Å².